The minimum atomic E-state index is -0.714. The van der Waals surface area contributed by atoms with Gasteiger partial charge in [-0.05, 0) is 31.9 Å². The van der Waals surface area contributed by atoms with Crippen molar-refractivity contribution in [3.63, 3.8) is 0 Å². The first-order valence-corrected chi connectivity index (χ1v) is 6.76. The third-order valence-electron chi connectivity index (χ3n) is 3.35. The monoisotopic (exact) mass is 286 g/mol. The fourth-order valence-electron chi connectivity index (χ4n) is 2.21. The Hall–Kier alpha value is -2.43. The number of nitrogens with zero attached hydrogens (tertiary/aromatic N) is 2. The van der Waals surface area contributed by atoms with Gasteiger partial charge in [-0.2, -0.15) is 5.10 Å². The van der Waals surface area contributed by atoms with E-state index >= 15 is 0 Å². The maximum absolute atomic E-state index is 12.1. The molecule has 2 rings (SSSR count). The van der Waals surface area contributed by atoms with Crippen LogP contribution in [-0.4, -0.2) is 22.9 Å². The molecule has 0 amide bonds. The Morgan fingerprint density at radius 3 is 2.62 bits per heavy atom. The Bertz CT molecular complexity index is 748. The summed E-state index contributed by atoms with van der Waals surface area (Å²) in [6, 6.07) is 5.91. The number of carbonyl (C=O) groups is 1. The Balaban J connectivity index is 2.69. The van der Waals surface area contributed by atoms with Crippen molar-refractivity contribution in [2.24, 2.45) is 0 Å². The van der Waals surface area contributed by atoms with Crippen LogP contribution >= 0.6 is 0 Å². The Morgan fingerprint density at radius 1 is 1.33 bits per heavy atom. The Morgan fingerprint density at radius 2 is 2.05 bits per heavy atom. The zero-order valence-corrected chi connectivity index (χ0v) is 12.6. The molecule has 2 aromatic rings. The van der Waals surface area contributed by atoms with Crippen molar-refractivity contribution >= 4 is 5.97 Å². The first-order chi connectivity index (χ1) is 9.97. The van der Waals surface area contributed by atoms with Gasteiger partial charge < -0.3 is 4.74 Å². The number of carbonyl (C=O) groups excluding carboxylic acids is 1. The van der Waals surface area contributed by atoms with Crippen LogP contribution < -0.4 is 5.43 Å². The second kappa shape index (κ2) is 5.91. The van der Waals surface area contributed by atoms with Crippen molar-refractivity contribution < 1.29 is 9.53 Å². The fraction of sp³-hybridized carbons (Fsp3) is 0.312. The van der Waals surface area contributed by atoms with E-state index in [2.05, 4.69) is 9.84 Å². The van der Waals surface area contributed by atoms with Crippen LogP contribution in [0, 0.1) is 13.8 Å². The average Bonchev–Trinajstić information content (AvgIpc) is 2.47. The summed E-state index contributed by atoms with van der Waals surface area (Å²) in [4.78, 5) is 23.9. The molecule has 0 radical (unpaired) electrons. The zero-order chi connectivity index (χ0) is 15.6. The minimum absolute atomic E-state index is 0.183. The number of aromatic nitrogens is 2. The third-order valence-corrected chi connectivity index (χ3v) is 3.35. The number of hydrogen-bond acceptors (Lipinski definition) is 4. The van der Waals surface area contributed by atoms with Crippen molar-refractivity contribution in [1.29, 1.82) is 0 Å². The van der Waals surface area contributed by atoms with Crippen molar-refractivity contribution in [2.75, 3.05) is 7.11 Å². The lowest BCUT2D eigenvalue weighted by molar-refractivity contribution is 0.0590. The molecule has 5 heteroatoms. The second-order valence-electron chi connectivity index (χ2n) is 4.91. The highest BCUT2D eigenvalue weighted by Gasteiger charge is 2.17. The second-order valence-corrected chi connectivity index (χ2v) is 4.91. The first-order valence-electron chi connectivity index (χ1n) is 6.76. The summed E-state index contributed by atoms with van der Waals surface area (Å²) < 4.78 is 6.21. The van der Waals surface area contributed by atoms with E-state index in [0.717, 1.165) is 16.8 Å². The van der Waals surface area contributed by atoms with Gasteiger partial charge in [0.1, 0.15) is 0 Å². The Kier molecular flexibility index (Phi) is 4.21. The summed E-state index contributed by atoms with van der Waals surface area (Å²) in [6.45, 7) is 5.84. The van der Waals surface area contributed by atoms with Crippen molar-refractivity contribution in [3.8, 4) is 5.69 Å². The van der Waals surface area contributed by atoms with Crippen LogP contribution in [0.15, 0.2) is 29.2 Å². The van der Waals surface area contributed by atoms with Gasteiger partial charge in [0.25, 0.3) is 0 Å². The molecule has 0 spiro atoms. The number of aryl methyl sites for hydroxylation is 3. The molecule has 0 saturated carbocycles. The van der Waals surface area contributed by atoms with E-state index in [1.807, 2.05) is 39.0 Å². The van der Waals surface area contributed by atoms with Gasteiger partial charge in [0.15, 0.2) is 0 Å². The molecule has 0 aliphatic heterocycles. The smallest absolute Gasteiger partial charge is 0.362 e. The van der Waals surface area contributed by atoms with Crippen molar-refractivity contribution in [2.45, 2.75) is 27.2 Å². The third kappa shape index (κ3) is 2.86. The number of ether oxygens (including phenoxy) is 1. The zero-order valence-electron chi connectivity index (χ0n) is 12.6. The molecule has 0 aliphatic rings. The quantitative estimate of drug-likeness (QED) is 0.812. The van der Waals surface area contributed by atoms with Crippen LogP contribution in [0.4, 0.5) is 0 Å². The largest absolute Gasteiger partial charge is 0.464 e. The molecule has 1 aromatic heterocycles. The van der Waals surface area contributed by atoms with Gasteiger partial charge in [-0.25, -0.2) is 9.48 Å². The topological polar surface area (TPSA) is 61.2 Å². The number of hydrogen-bond donors (Lipinski definition) is 0. The lowest BCUT2D eigenvalue weighted by Gasteiger charge is -2.12. The summed E-state index contributed by atoms with van der Waals surface area (Å²) in [5, 5.41) is 4.14. The molecule has 0 N–H and O–H groups in total. The molecule has 0 unspecified atom stereocenters. The number of esters is 1. The van der Waals surface area contributed by atoms with E-state index in [4.69, 9.17) is 0 Å². The molecule has 0 saturated heterocycles. The predicted molar refractivity (Wildman–Crippen MR) is 80.0 cm³/mol. The first kappa shape index (κ1) is 15.0. The van der Waals surface area contributed by atoms with Crippen LogP contribution in [0.2, 0.25) is 0 Å². The summed E-state index contributed by atoms with van der Waals surface area (Å²) in [5.74, 6) is -0.714. The van der Waals surface area contributed by atoms with Gasteiger partial charge in [0, 0.05) is 11.8 Å². The number of rotatable bonds is 3. The van der Waals surface area contributed by atoms with Crippen LogP contribution in [0.1, 0.15) is 34.1 Å². The van der Waals surface area contributed by atoms with E-state index in [1.165, 1.54) is 7.11 Å². The highest BCUT2D eigenvalue weighted by molar-refractivity contribution is 5.87. The average molecular weight is 286 g/mol. The highest BCUT2D eigenvalue weighted by atomic mass is 16.5. The molecule has 1 aromatic carbocycles. The van der Waals surface area contributed by atoms with E-state index in [0.29, 0.717) is 12.0 Å². The molecule has 0 fully saturated rings. The molecule has 0 atom stereocenters. The summed E-state index contributed by atoms with van der Waals surface area (Å²) in [5.41, 5.74) is 2.97. The molecular weight excluding hydrogens is 268 g/mol. The molecule has 0 aliphatic carbocycles. The van der Waals surface area contributed by atoms with Crippen LogP contribution in [0.25, 0.3) is 5.69 Å². The van der Waals surface area contributed by atoms with Gasteiger partial charge in [-0.1, -0.05) is 24.6 Å². The maximum Gasteiger partial charge on any atom is 0.362 e. The molecule has 110 valence electrons. The fourth-order valence-corrected chi connectivity index (χ4v) is 2.21. The minimum Gasteiger partial charge on any atom is -0.464 e. The number of methoxy groups -OCH3 is 1. The van der Waals surface area contributed by atoms with Gasteiger partial charge in [-0.15, -0.1) is 0 Å². The standard InChI is InChI=1S/C16H18N2O3/c1-5-12-9-18(13-7-6-10(2)8-11(13)3)17-14(15(12)19)16(20)21-4/h6-9H,5H2,1-4H3. The molecule has 0 bridgehead atoms. The van der Waals surface area contributed by atoms with Crippen molar-refractivity contribution in [3.05, 3.63) is 57.0 Å². The lowest BCUT2D eigenvalue weighted by atomic mass is 10.1. The summed E-state index contributed by atoms with van der Waals surface area (Å²) in [7, 11) is 1.24. The van der Waals surface area contributed by atoms with Gasteiger partial charge in [0.2, 0.25) is 11.1 Å². The summed E-state index contributed by atoms with van der Waals surface area (Å²) >= 11 is 0. The Labute approximate surface area is 123 Å². The van der Waals surface area contributed by atoms with E-state index in [-0.39, 0.29) is 11.1 Å². The SMILES string of the molecule is CCc1cn(-c2ccc(C)cc2C)nc(C(=O)OC)c1=O. The van der Waals surface area contributed by atoms with E-state index in [1.54, 1.807) is 10.9 Å². The summed E-state index contributed by atoms with van der Waals surface area (Å²) in [6.07, 6.45) is 2.20. The molecule has 21 heavy (non-hydrogen) atoms. The van der Waals surface area contributed by atoms with Crippen molar-refractivity contribution in [1.82, 2.24) is 9.78 Å². The van der Waals surface area contributed by atoms with Crippen LogP contribution in [-0.2, 0) is 11.2 Å². The maximum atomic E-state index is 12.1. The van der Waals surface area contributed by atoms with Crippen LogP contribution in [0.3, 0.4) is 0 Å². The van der Waals surface area contributed by atoms with E-state index in [9.17, 15) is 9.59 Å². The predicted octanol–water partition coefficient (Wildman–Crippen LogP) is 2.20. The van der Waals surface area contributed by atoms with Crippen LogP contribution in [0.5, 0.6) is 0 Å². The van der Waals surface area contributed by atoms with Gasteiger partial charge in [-0.3, -0.25) is 4.79 Å². The molecular formula is C16H18N2O3. The molecule has 1 heterocycles. The lowest BCUT2D eigenvalue weighted by Crippen LogP contribution is -2.25. The highest BCUT2D eigenvalue weighted by Crippen LogP contribution is 2.15. The van der Waals surface area contributed by atoms with Gasteiger partial charge in [0.05, 0.1) is 12.8 Å². The normalized spacial score (nSPS) is 10.5. The van der Waals surface area contributed by atoms with Gasteiger partial charge >= 0.3 is 5.97 Å². The molecule has 5 nitrogen and oxygen atoms in total. The number of benzene rings is 1. The van der Waals surface area contributed by atoms with E-state index < -0.39 is 5.97 Å².